The van der Waals surface area contributed by atoms with E-state index in [1.54, 1.807) is 6.33 Å². The SMILES string of the molecule is c1ccc2c(c1)CC(Nc1cc3c(NCC4CCCO4)ncnc3cn1)C2. The molecule has 1 unspecified atom stereocenters. The predicted octanol–water partition coefficient (Wildman–Crippen LogP) is 3.20. The number of aromatic nitrogens is 3. The lowest BCUT2D eigenvalue weighted by Gasteiger charge is -2.15. The average molecular weight is 361 g/mol. The van der Waals surface area contributed by atoms with Gasteiger partial charge in [0.25, 0.3) is 0 Å². The summed E-state index contributed by atoms with van der Waals surface area (Å²) in [7, 11) is 0. The summed E-state index contributed by atoms with van der Waals surface area (Å²) in [6.45, 7) is 1.63. The van der Waals surface area contributed by atoms with Gasteiger partial charge in [0.05, 0.1) is 17.8 Å². The predicted molar refractivity (Wildman–Crippen MR) is 106 cm³/mol. The molecule has 0 saturated carbocycles. The molecule has 5 rings (SSSR count). The Balaban J connectivity index is 1.34. The fourth-order valence-corrected chi connectivity index (χ4v) is 4.06. The Morgan fingerprint density at radius 1 is 1.07 bits per heavy atom. The van der Waals surface area contributed by atoms with Crippen molar-refractivity contribution in [3.8, 4) is 0 Å². The minimum Gasteiger partial charge on any atom is -0.376 e. The molecule has 6 nitrogen and oxygen atoms in total. The zero-order valence-electron chi connectivity index (χ0n) is 15.2. The Kier molecular flexibility index (Phi) is 4.33. The topological polar surface area (TPSA) is 72.0 Å². The van der Waals surface area contributed by atoms with E-state index in [1.807, 2.05) is 6.20 Å². The van der Waals surface area contributed by atoms with E-state index in [1.165, 1.54) is 11.1 Å². The third kappa shape index (κ3) is 3.45. The van der Waals surface area contributed by atoms with Crippen LogP contribution < -0.4 is 10.6 Å². The van der Waals surface area contributed by atoms with E-state index in [9.17, 15) is 0 Å². The zero-order valence-corrected chi connectivity index (χ0v) is 15.2. The molecule has 6 heteroatoms. The molecule has 1 saturated heterocycles. The van der Waals surface area contributed by atoms with E-state index in [-0.39, 0.29) is 6.10 Å². The second-order valence-electron chi connectivity index (χ2n) is 7.34. The maximum Gasteiger partial charge on any atom is 0.137 e. The molecule has 0 spiro atoms. The number of anilines is 2. The minimum absolute atomic E-state index is 0.270. The molecule has 2 N–H and O–H groups in total. The molecule has 3 heterocycles. The maximum absolute atomic E-state index is 5.70. The molecule has 0 amide bonds. The first-order chi connectivity index (χ1) is 13.3. The van der Waals surface area contributed by atoms with Gasteiger partial charge in [0.1, 0.15) is 18.0 Å². The number of ether oxygens (including phenoxy) is 1. The number of nitrogens with one attached hydrogen (secondary N) is 2. The molecule has 1 aliphatic carbocycles. The van der Waals surface area contributed by atoms with Crippen molar-refractivity contribution in [1.82, 2.24) is 15.0 Å². The third-order valence-corrected chi connectivity index (χ3v) is 5.45. The van der Waals surface area contributed by atoms with Crippen LogP contribution in [0.4, 0.5) is 11.6 Å². The molecule has 1 aliphatic heterocycles. The molecule has 1 aromatic carbocycles. The summed E-state index contributed by atoms with van der Waals surface area (Å²) in [6, 6.07) is 11.1. The average Bonchev–Trinajstić information content (AvgIpc) is 3.35. The van der Waals surface area contributed by atoms with E-state index < -0.39 is 0 Å². The van der Waals surface area contributed by atoms with Gasteiger partial charge < -0.3 is 15.4 Å². The highest BCUT2D eigenvalue weighted by molar-refractivity contribution is 5.90. The lowest BCUT2D eigenvalue weighted by atomic mass is 10.1. The first kappa shape index (κ1) is 16.4. The summed E-state index contributed by atoms with van der Waals surface area (Å²) >= 11 is 0. The molecular formula is C21H23N5O. The maximum atomic E-state index is 5.70. The van der Waals surface area contributed by atoms with Gasteiger partial charge in [-0.1, -0.05) is 24.3 Å². The van der Waals surface area contributed by atoms with Crippen molar-refractivity contribution in [2.75, 3.05) is 23.8 Å². The lowest BCUT2D eigenvalue weighted by Crippen LogP contribution is -2.20. The number of hydrogen-bond donors (Lipinski definition) is 2. The normalized spacial score (nSPS) is 19.3. The highest BCUT2D eigenvalue weighted by Crippen LogP contribution is 2.26. The van der Waals surface area contributed by atoms with Gasteiger partial charge in [-0.25, -0.2) is 15.0 Å². The van der Waals surface area contributed by atoms with Gasteiger partial charge in [-0.2, -0.15) is 0 Å². The van der Waals surface area contributed by atoms with E-state index in [2.05, 4.69) is 55.9 Å². The summed E-state index contributed by atoms with van der Waals surface area (Å²) in [5.41, 5.74) is 3.70. The zero-order chi connectivity index (χ0) is 18.1. The van der Waals surface area contributed by atoms with Crippen LogP contribution in [-0.2, 0) is 17.6 Å². The van der Waals surface area contributed by atoms with Crippen LogP contribution >= 0.6 is 0 Å². The molecule has 2 aromatic heterocycles. The number of benzene rings is 1. The van der Waals surface area contributed by atoms with Crippen molar-refractivity contribution >= 4 is 22.5 Å². The van der Waals surface area contributed by atoms with Crippen LogP contribution in [0.25, 0.3) is 10.9 Å². The van der Waals surface area contributed by atoms with Crippen LogP contribution in [0.1, 0.15) is 24.0 Å². The van der Waals surface area contributed by atoms with Crippen molar-refractivity contribution in [3.63, 3.8) is 0 Å². The summed E-state index contributed by atoms with van der Waals surface area (Å²) in [5, 5.41) is 8.01. The molecule has 138 valence electrons. The van der Waals surface area contributed by atoms with Gasteiger partial charge in [0, 0.05) is 24.6 Å². The van der Waals surface area contributed by atoms with Crippen LogP contribution in [0.5, 0.6) is 0 Å². The molecule has 27 heavy (non-hydrogen) atoms. The Morgan fingerprint density at radius 3 is 2.70 bits per heavy atom. The number of rotatable bonds is 5. The Bertz CT molecular complexity index is 929. The largest absolute Gasteiger partial charge is 0.376 e. The quantitative estimate of drug-likeness (QED) is 0.727. The highest BCUT2D eigenvalue weighted by Gasteiger charge is 2.21. The summed E-state index contributed by atoms with van der Waals surface area (Å²) in [4.78, 5) is 13.4. The van der Waals surface area contributed by atoms with Crippen molar-refractivity contribution < 1.29 is 4.74 Å². The second kappa shape index (κ2) is 7.12. The third-order valence-electron chi connectivity index (χ3n) is 5.45. The van der Waals surface area contributed by atoms with Crippen molar-refractivity contribution in [1.29, 1.82) is 0 Å². The molecular weight excluding hydrogens is 338 g/mol. The van der Waals surface area contributed by atoms with Gasteiger partial charge in [-0.15, -0.1) is 0 Å². The van der Waals surface area contributed by atoms with E-state index in [0.29, 0.717) is 6.04 Å². The van der Waals surface area contributed by atoms with E-state index in [4.69, 9.17) is 4.74 Å². The first-order valence-corrected chi connectivity index (χ1v) is 9.65. The first-order valence-electron chi connectivity index (χ1n) is 9.65. The fraction of sp³-hybridized carbons (Fsp3) is 0.381. The Hall–Kier alpha value is -2.73. The van der Waals surface area contributed by atoms with Crippen LogP contribution in [0.2, 0.25) is 0 Å². The van der Waals surface area contributed by atoms with Crippen LogP contribution in [-0.4, -0.2) is 40.2 Å². The Morgan fingerprint density at radius 2 is 1.93 bits per heavy atom. The number of fused-ring (bicyclic) bond motifs is 2. The minimum atomic E-state index is 0.270. The lowest BCUT2D eigenvalue weighted by molar-refractivity contribution is 0.120. The monoisotopic (exact) mass is 361 g/mol. The molecule has 1 atom stereocenters. The van der Waals surface area contributed by atoms with Crippen molar-refractivity contribution in [3.05, 3.63) is 54.0 Å². The van der Waals surface area contributed by atoms with E-state index in [0.717, 1.165) is 61.4 Å². The van der Waals surface area contributed by atoms with Crippen LogP contribution in [0, 0.1) is 0 Å². The van der Waals surface area contributed by atoms with Gasteiger partial charge in [-0.3, -0.25) is 0 Å². The standard InChI is InChI=1S/C21H23N5O/c1-2-5-15-9-16(8-14(15)4-1)26-20-10-18-19(12-22-20)24-13-25-21(18)23-11-17-6-3-7-27-17/h1-2,4-5,10,12-13,16-17H,3,6-9,11H2,(H,22,26)(H,23,24,25). The highest BCUT2D eigenvalue weighted by atomic mass is 16.5. The Labute approximate surface area is 158 Å². The number of nitrogens with zero attached hydrogens (tertiary/aromatic N) is 3. The van der Waals surface area contributed by atoms with Gasteiger partial charge >= 0.3 is 0 Å². The molecule has 0 radical (unpaired) electrons. The summed E-state index contributed by atoms with van der Waals surface area (Å²) in [6.07, 6.45) is 7.98. The van der Waals surface area contributed by atoms with Crippen LogP contribution in [0.15, 0.2) is 42.9 Å². The van der Waals surface area contributed by atoms with Crippen molar-refractivity contribution in [2.45, 2.75) is 37.8 Å². The van der Waals surface area contributed by atoms with Gasteiger partial charge in [0.15, 0.2) is 0 Å². The van der Waals surface area contributed by atoms with Crippen molar-refractivity contribution in [2.24, 2.45) is 0 Å². The molecule has 2 aliphatic rings. The van der Waals surface area contributed by atoms with Crippen LogP contribution in [0.3, 0.4) is 0 Å². The summed E-state index contributed by atoms with van der Waals surface area (Å²) in [5.74, 6) is 1.71. The molecule has 0 bridgehead atoms. The van der Waals surface area contributed by atoms with Gasteiger partial charge in [0.2, 0.25) is 0 Å². The number of hydrogen-bond acceptors (Lipinski definition) is 6. The molecule has 1 fully saturated rings. The number of pyridine rings is 1. The second-order valence-corrected chi connectivity index (χ2v) is 7.34. The van der Waals surface area contributed by atoms with E-state index >= 15 is 0 Å². The molecule has 3 aromatic rings. The van der Waals surface area contributed by atoms with Gasteiger partial charge in [-0.05, 0) is 42.9 Å². The summed E-state index contributed by atoms with van der Waals surface area (Å²) < 4.78 is 5.70. The smallest absolute Gasteiger partial charge is 0.137 e. The fourth-order valence-electron chi connectivity index (χ4n) is 4.06.